The monoisotopic (exact) mass is 334 g/mol. The third-order valence-corrected chi connectivity index (χ3v) is 5.53. The summed E-state index contributed by atoms with van der Waals surface area (Å²) in [5, 5.41) is 3.58. The van der Waals surface area contributed by atoms with Crippen LogP contribution in [-0.2, 0) is 16.6 Å². The number of thiophene rings is 1. The van der Waals surface area contributed by atoms with Gasteiger partial charge in [-0.2, -0.15) is 11.3 Å². The molecule has 0 saturated carbocycles. The normalized spacial score (nSPS) is 11.8. The van der Waals surface area contributed by atoms with E-state index < -0.39 is 15.8 Å². The molecule has 3 N–H and O–H groups in total. The van der Waals surface area contributed by atoms with Crippen molar-refractivity contribution in [2.45, 2.75) is 18.4 Å². The number of hydrogen-bond donors (Lipinski definition) is 2. The van der Waals surface area contributed by atoms with E-state index in [-0.39, 0.29) is 22.2 Å². The van der Waals surface area contributed by atoms with Gasteiger partial charge in [0.1, 0.15) is 10.7 Å². The average molecular weight is 335 g/mol. The van der Waals surface area contributed by atoms with Crippen molar-refractivity contribution in [1.82, 2.24) is 4.72 Å². The summed E-state index contributed by atoms with van der Waals surface area (Å²) < 4.78 is 39.9. The van der Waals surface area contributed by atoms with Crippen LogP contribution in [0.5, 0.6) is 0 Å². The Bertz CT molecular complexity index is 744. The predicted molar refractivity (Wildman–Crippen MR) is 78.9 cm³/mol. The third-order valence-electron chi connectivity index (χ3n) is 2.75. The van der Waals surface area contributed by atoms with Crippen LogP contribution in [0.1, 0.15) is 11.1 Å². The second kappa shape index (κ2) is 5.69. The highest BCUT2D eigenvalue weighted by molar-refractivity contribution is 7.89. The maximum atomic E-state index is 13.2. The zero-order valence-corrected chi connectivity index (χ0v) is 12.9. The van der Waals surface area contributed by atoms with Crippen molar-refractivity contribution < 1.29 is 12.8 Å². The van der Waals surface area contributed by atoms with Crippen LogP contribution in [0, 0.1) is 12.7 Å². The molecule has 0 bridgehead atoms. The zero-order valence-electron chi connectivity index (χ0n) is 10.5. The fraction of sp³-hybridized carbons (Fsp3) is 0.167. The number of anilines is 1. The lowest BCUT2D eigenvalue weighted by molar-refractivity contribution is 0.580. The molecular weight excluding hydrogens is 323 g/mol. The summed E-state index contributed by atoms with van der Waals surface area (Å²) in [5.41, 5.74) is 7.00. The van der Waals surface area contributed by atoms with Crippen molar-refractivity contribution in [3.63, 3.8) is 0 Å². The van der Waals surface area contributed by atoms with Crippen molar-refractivity contribution in [2.24, 2.45) is 0 Å². The van der Waals surface area contributed by atoms with Crippen LogP contribution in [0.15, 0.2) is 27.8 Å². The molecule has 0 atom stereocenters. The Morgan fingerprint density at radius 3 is 2.70 bits per heavy atom. The smallest absolute Gasteiger partial charge is 0.242 e. The number of benzene rings is 1. The van der Waals surface area contributed by atoms with Crippen LogP contribution in [0.4, 0.5) is 10.1 Å². The first kappa shape index (κ1) is 15.2. The summed E-state index contributed by atoms with van der Waals surface area (Å²) in [6.45, 7) is 2.04. The first-order valence-corrected chi connectivity index (χ1v) is 8.37. The second-order valence-corrected chi connectivity index (χ2v) is 7.09. The largest absolute Gasteiger partial charge is 0.396 e. The molecule has 108 valence electrons. The Balaban J connectivity index is 2.27. The molecule has 0 fully saturated rings. The van der Waals surface area contributed by atoms with Crippen molar-refractivity contribution >= 4 is 38.6 Å². The van der Waals surface area contributed by atoms with E-state index in [1.807, 2.05) is 17.7 Å². The maximum Gasteiger partial charge on any atom is 0.242 e. The number of sulfonamides is 1. The molecule has 0 saturated heterocycles. The zero-order chi connectivity index (χ0) is 14.9. The van der Waals surface area contributed by atoms with Crippen LogP contribution in [-0.4, -0.2) is 8.42 Å². The Morgan fingerprint density at radius 2 is 2.10 bits per heavy atom. The van der Waals surface area contributed by atoms with Crippen LogP contribution < -0.4 is 10.5 Å². The van der Waals surface area contributed by atoms with E-state index in [9.17, 15) is 12.8 Å². The van der Waals surface area contributed by atoms with Gasteiger partial charge in [0, 0.05) is 6.54 Å². The minimum Gasteiger partial charge on any atom is -0.396 e. The minimum atomic E-state index is -3.85. The fourth-order valence-electron chi connectivity index (χ4n) is 1.57. The van der Waals surface area contributed by atoms with E-state index in [0.717, 1.165) is 23.3 Å². The van der Waals surface area contributed by atoms with Gasteiger partial charge in [0.15, 0.2) is 0 Å². The lowest BCUT2D eigenvalue weighted by atomic mass is 10.2. The summed E-state index contributed by atoms with van der Waals surface area (Å²) in [7, 11) is -3.85. The van der Waals surface area contributed by atoms with Gasteiger partial charge in [-0.15, -0.1) is 0 Å². The molecule has 0 unspecified atom stereocenters. The molecule has 8 heteroatoms. The summed E-state index contributed by atoms with van der Waals surface area (Å²) >= 11 is 7.25. The molecule has 2 aromatic rings. The molecule has 1 aromatic heterocycles. The standard InChI is InChI=1S/C12H12ClFN2O2S2/c1-7-5-19-6-8(7)4-16-20(17,18)12-3-11(15)10(14)2-9(12)13/h2-3,5-6,16H,4,15H2,1H3. The molecule has 20 heavy (non-hydrogen) atoms. The highest BCUT2D eigenvalue weighted by Crippen LogP contribution is 2.26. The molecule has 0 aliphatic carbocycles. The van der Waals surface area contributed by atoms with Gasteiger partial charge in [0.2, 0.25) is 10.0 Å². The molecule has 4 nitrogen and oxygen atoms in total. The van der Waals surface area contributed by atoms with Crippen molar-refractivity contribution in [3.8, 4) is 0 Å². The predicted octanol–water partition coefficient (Wildman–Crippen LogP) is 2.91. The van der Waals surface area contributed by atoms with Crippen molar-refractivity contribution in [2.75, 3.05) is 5.73 Å². The lowest BCUT2D eigenvalue weighted by Gasteiger charge is -2.09. The fourth-order valence-corrected chi connectivity index (χ4v) is 3.98. The number of rotatable bonds is 4. The van der Waals surface area contributed by atoms with E-state index in [1.54, 1.807) is 0 Å². The molecule has 0 amide bonds. The molecule has 1 heterocycles. The highest BCUT2D eigenvalue weighted by Gasteiger charge is 2.20. The molecule has 0 radical (unpaired) electrons. The summed E-state index contributed by atoms with van der Waals surface area (Å²) in [5.74, 6) is -0.748. The quantitative estimate of drug-likeness (QED) is 0.844. The van der Waals surface area contributed by atoms with E-state index in [2.05, 4.69) is 4.72 Å². The van der Waals surface area contributed by atoms with Crippen LogP contribution in [0.25, 0.3) is 0 Å². The molecule has 2 rings (SSSR count). The van der Waals surface area contributed by atoms with E-state index in [4.69, 9.17) is 17.3 Å². The molecule has 0 aliphatic rings. The summed E-state index contributed by atoms with van der Waals surface area (Å²) in [6, 6.07) is 1.90. The maximum absolute atomic E-state index is 13.2. The first-order valence-electron chi connectivity index (χ1n) is 5.57. The first-order chi connectivity index (χ1) is 9.31. The number of hydrogen-bond acceptors (Lipinski definition) is 4. The van der Waals surface area contributed by atoms with E-state index in [0.29, 0.717) is 0 Å². The van der Waals surface area contributed by atoms with Gasteiger partial charge < -0.3 is 5.73 Å². The Labute approximate surface area is 125 Å². The van der Waals surface area contributed by atoms with Gasteiger partial charge in [-0.3, -0.25) is 0 Å². The van der Waals surface area contributed by atoms with Crippen molar-refractivity contribution in [1.29, 1.82) is 0 Å². The lowest BCUT2D eigenvalue weighted by Crippen LogP contribution is -2.24. The Kier molecular flexibility index (Phi) is 4.33. The topological polar surface area (TPSA) is 72.2 Å². The van der Waals surface area contributed by atoms with E-state index >= 15 is 0 Å². The Hall–Kier alpha value is -1.15. The minimum absolute atomic E-state index is 0.144. The van der Waals surface area contributed by atoms with Gasteiger partial charge >= 0.3 is 0 Å². The molecule has 0 spiro atoms. The summed E-state index contributed by atoms with van der Waals surface area (Å²) in [6.07, 6.45) is 0. The van der Waals surface area contributed by atoms with Crippen molar-refractivity contribution in [3.05, 3.63) is 44.9 Å². The molecular formula is C12H12ClFN2O2S2. The van der Waals surface area contributed by atoms with Gasteiger partial charge in [0.05, 0.1) is 10.7 Å². The van der Waals surface area contributed by atoms with Crippen LogP contribution >= 0.6 is 22.9 Å². The number of nitrogen functional groups attached to an aromatic ring is 1. The molecule has 0 aliphatic heterocycles. The number of aryl methyl sites for hydroxylation is 1. The van der Waals surface area contributed by atoms with Gasteiger partial charge in [-0.25, -0.2) is 17.5 Å². The average Bonchev–Trinajstić information content (AvgIpc) is 2.77. The number of halogens is 2. The third kappa shape index (κ3) is 3.12. The van der Waals surface area contributed by atoms with Gasteiger partial charge in [-0.05, 0) is 40.9 Å². The SMILES string of the molecule is Cc1cscc1CNS(=O)(=O)c1cc(N)c(F)cc1Cl. The van der Waals surface area contributed by atoms with Gasteiger partial charge in [-0.1, -0.05) is 11.6 Å². The summed E-state index contributed by atoms with van der Waals surface area (Å²) in [4.78, 5) is -0.231. The van der Waals surface area contributed by atoms with Crippen LogP contribution in [0.2, 0.25) is 5.02 Å². The number of nitrogens with two attached hydrogens (primary N) is 1. The highest BCUT2D eigenvalue weighted by atomic mass is 35.5. The van der Waals surface area contributed by atoms with Crippen LogP contribution in [0.3, 0.4) is 0 Å². The number of nitrogens with one attached hydrogen (secondary N) is 1. The Morgan fingerprint density at radius 1 is 1.40 bits per heavy atom. The molecule has 1 aromatic carbocycles. The second-order valence-electron chi connectivity index (χ2n) is 4.21. The van der Waals surface area contributed by atoms with E-state index in [1.165, 1.54) is 11.3 Å². The van der Waals surface area contributed by atoms with Gasteiger partial charge in [0.25, 0.3) is 0 Å².